The second kappa shape index (κ2) is 9.72. The molecular weight excluding hydrogens is 362 g/mol. The molecule has 2 rings (SSSR count). The average Bonchev–Trinajstić information content (AvgIpc) is 2.60. The van der Waals surface area contributed by atoms with E-state index in [4.69, 9.17) is 17.3 Å². The molecule has 3 N–H and O–H groups in total. The predicted molar refractivity (Wildman–Crippen MR) is 110 cm³/mol. The van der Waals surface area contributed by atoms with E-state index in [1.807, 2.05) is 31.2 Å². The van der Waals surface area contributed by atoms with Crippen molar-refractivity contribution in [2.24, 2.45) is 11.7 Å². The highest BCUT2D eigenvalue weighted by Crippen LogP contribution is 2.32. The molecule has 27 heavy (non-hydrogen) atoms. The molecule has 0 aromatic rings. The number of halogens is 1. The first kappa shape index (κ1) is 21.2. The quantitative estimate of drug-likeness (QED) is 0.518. The van der Waals surface area contributed by atoms with Crippen molar-refractivity contribution in [2.75, 3.05) is 6.54 Å². The smallest absolute Gasteiger partial charge is 0.260 e. The molecule has 3 atom stereocenters. The first-order valence-electron chi connectivity index (χ1n) is 9.15. The van der Waals surface area contributed by atoms with Crippen LogP contribution < -0.4 is 11.1 Å². The van der Waals surface area contributed by atoms with Gasteiger partial charge in [-0.05, 0) is 43.8 Å². The van der Waals surface area contributed by atoms with Crippen molar-refractivity contribution in [3.63, 3.8) is 0 Å². The zero-order valence-corrected chi connectivity index (χ0v) is 16.7. The third-order valence-corrected chi connectivity index (χ3v) is 4.84. The van der Waals surface area contributed by atoms with Crippen LogP contribution in [0.15, 0.2) is 59.2 Å². The van der Waals surface area contributed by atoms with Gasteiger partial charge in [0.2, 0.25) is 5.91 Å². The molecule has 5 nitrogen and oxygen atoms in total. The molecule has 0 bridgehead atoms. The fourth-order valence-corrected chi connectivity index (χ4v) is 3.64. The standard InChI is InChI=1S/C21H28ClN3O2/c1-14(2)13-25(21(27)20(23)24-15(3)26)19-10-9-18(22)12-17(19)11-16-7-5-4-6-8-16/h4-7,9,12,16,19-20H,1,8,10-11,13,23H2,2-3H3,(H,24,26)/t16?,19-,20?/m1/s1. The van der Waals surface area contributed by atoms with E-state index in [2.05, 4.69) is 24.0 Å². The maximum atomic E-state index is 13.0. The van der Waals surface area contributed by atoms with Crippen LogP contribution in [-0.4, -0.2) is 35.5 Å². The number of carbonyl (C=O) groups is 2. The predicted octanol–water partition coefficient (Wildman–Crippen LogP) is 3.16. The van der Waals surface area contributed by atoms with Crippen LogP contribution in [0.25, 0.3) is 0 Å². The Morgan fingerprint density at radius 1 is 1.37 bits per heavy atom. The van der Waals surface area contributed by atoms with E-state index in [-0.39, 0.29) is 17.9 Å². The minimum Gasteiger partial charge on any atom is -0.333 e. The number of rotatable bonds is 7. The molecule has 0 heterocycles. The lowest BCUT2D eigenvalue weighted by molar-refractivity contribution is -0.137. The maximum absolute atomic E-state index is 13.0. The van der Waals surface area contributed by atoms with E-state index >= 15 is 0 Å². The van der Waals surface area contributed by atoms with Gasteiger partial charge in [-0.3, -0.25) is 9.59 Å². The number of amides is 2. The van der Waals surface area contributed by atoms with Crippen LogP contribution in [0.3, 0.4) is 0 Å². The van der Waals surface area contributed by atoms with Gasteiger partial charge in [0, 0.05) is 18.5 Å². The fraction of sp³-hybridized carbons (Fsp3) is 0.429. The van der Waals surface area contributed by atoms with Gasteiger partial charge < -0.3 is 16.0 Å². The molecule has 0 spiro atoms. The van der Waals surface area contributed by atoms with Gasteiger partial charge in [-0.25, -0.2) is 0 Å². The number of hydrogen-bond donors (Lipinski definition) is 2. The van der Waals surface area contributed by atoms with Crippen molar-refractivity contribution < 1.29 is 9.59 Å². The third-order valence-electron chi connectivity index (χ3n) is 4.58. The molecule has 0 saturated heterocycles. The van der Waals surface area contributed by atoms with Gasteiger partial charge in [0.15, 0.2) is 6.17 Å². The summed E-state index contributed by atoms with van der Waals surface area (Å²) in [6.07, 6.45) is 13.6. The summed E-state index contributed by atoms with van der Waals surface area (Å²) in [4.78, 5) is 26.0. The van der Waals surface area contributed by atoms with Crippen molar-refractivity contribution in [2.45, 2.75) is 45.3 Å². The topological polar surface area (TPSA) is 75.4 Å². The Labute approximate surface area is 166 Å². The van der Waals surface area contributed by atoms with E-state index in [0.29, 0.717) is 23.9 Å². The average molecular weight is 390 g/mol. The SMILES string of the molecule is C=C(C)CN(C(=O)C(N)NC(C)=O)[C@@H]1CC=C(Cl)C=C1CC1C=CC=CC1. The van der Waals surface area contributed by atoms with Gasteiger partial charge in [0.25, 0.3) is 5.91 Å². The highest BCUT2D eigenvalue weighted by atomic mass is 35.5. The molecule has 146 valence electrons. The molecule has 2 amide bonds. The number of nitrogens with zero attached hydrogens (tertiary/aromatic N) is 1. The highest BCUT2D eigenvalue weighted by molar-refractivity contribution is 6.31. The summed E-state index contributed by atoms with van der Waals surface area (Å²) in [5, 5.41) is 3.16. The summed E-state index contributed by atoms with van der Waals surface area (Å²) in [5.74, 6) is -0.292. The first-order chi connectivity index (χ1) is 12.8. The number of carbonyl (C=O) groups excluding carboxylic acids is 2. The van der Waals surface area contributed by atoms with Gasteiger partial charge in [0.1, 0.15) is 0 Å². The van der Waals surface area contributed by atoms with Gasteiger partial charge in [0.05, 0.1) is 6.04 Å². The zero-order valence-electron chi connectivity index (χ0n) is 16.0. The summed E-state index contributed by atoms with van der Waals surface area (Å²) >= 11 is 6.27. The number of allylic oxidation sites excluding steroid dienone is 6. The summed E-state index contributed by atoms with van der Waals surface area (Å²) < 4.78 is 0. The van der Waals surface area contributed by atoms with Crippen LogP contribution in [0.2, 0.25) is 0 Å². The van der Waals surface area contributed by atoms with E-state index in [1.54, 1.807) is 4.90 Å². The number of nitrogens with two attached hydrogens (primary N) is 1. The van der Waals surface area contributed by atoms with Crippen LogP contribution in [-0.2, 0) is 9.59 Å². The van der Waals surface area contributed by atoms with Gasteiger partial charge in [-0.2, -0.15) is 0 Å². The molecule has 2 aliphatic carbocycles. The molecule has 0 radical (unpaired) electrons. The minimum atomic E-state index is -1.08. The van der Waals surface area contributed by atoms with Gasteiger partial charge in [-0.1, -0.05) is 54.1 Å². The lowest BCUT2D eigenvalue weighted by atomic mass is 9.86. The molecule has 0 aromatic carbocycles. The Morgan fingerprint density at radius 3 is 2.70 bits per heavy atom. The lowest BCUT2D eigenvalue weighted by Gasteiger charge is -2.37. The van der Waals surface area contributed by atoms with Crippen molar-refractivity contribution in [3.05, 3.63) is 59.2 Å². The summed E-state index contributed by atoms with van der Waals surface area (Å²) in [6, 6.07) is -0.157. The Bertz CT molecular complexity index is 721. The Morgan fingerprint density at radius 2 is 2.11 bits per heavy atom. The summed E-state index contributed by atoms with van der Waals surface area (Å²) in [7, 11) is 0. The Balaban J connectivity index is 2.25. The van der Waals surface area contributed by atoms with E-state index in [9.17, 15) is 9.59 Å². The highest BCUT2D eigenvalue weighted by Gasteiger charge is 2.32. The molecular formula is C21H28ClN3O2. The summed E-state index contributed by atoms with van der Waals surface area (Å²) in [6.45, 7) is 7.53. The van der Waals surface area contributed by atoms with Gasteiger partial charge in [-0.15, -0.1) is 0 Å². The largest absolute Gasteiger partial charge is 0.333 e. The Hall–Kier alpha value is -2.11. The van der Waals surface area contributed by atoms with Crippen LogP contribution in [0, 0.1) is 5.92 Å². The second-order valence-corrected chi connectivity index (χ2v) is 7.61. The molecule has 0 aromatic heterocycles. The fourth-order valence-electron chi connectivity index (χ4n) is 3.41. The molecule has 0 fully saturated rings. The molecule has 2 aliphatic rings. The van der Waals surface area contributed by atoms with Crippen LogP contribution in [0.5, 0.6) is 0 Å². The van der Waals surface area contributed by atoms with Crippen molar-refractivity contribution >= 4 is 23.4 Å². The summed E-state index contributed by atoms with van der Waals surface area (Å²) in [5.41, 5.74) is 7.87. The molecule has 6 heteroatoms. The lowest BCUT2D eigenvalue weighted by Crippen LogP contribution is -2.56. The molecule has 0 saturated carbocycles. The van der Waals surface area contributed by atoms with Crippen molar-refractivity contribution in [1.82, 2.24) is 10.2 Å². The number of nitrogens with one attached hydrogen (secondary N) is 1. The van der Waals surface area contributed by atoms with Crippen LogP contribution in [0.4, 0.5) is 0 Å². The number of hydrogen-bond acceptors (Lipinski definition) is 3. The van der Waals surface area contributed by atoms with Crippen LogP contribution >= 0.6 is 11.6 Å². The Kier molecular flexibility index (Phi) is 7.63. The zero-order chi connectivity index (χ0) is 20.0. The van der Waals surface area contributed by atoms with E-state index in [1.165, 1.54) is 6.92 Å². The van der Waals surface area contributed by atoms with E-state index < -0.39 is 6.17 Å². The maximum Gasteiger partial charge on any atom is 0.260 e. The van der Waals surface area contributed by atoms with Crippen molar-refractivity contribution in [3.8, 4) is 0 Å². The monoisotopic (exact) mass is 389 g/mol. The molecule has 2 unspecified atom stereocenters. The van der Waals surface area contributed by atoms with Gasteiger partial charge >= 0.3 is 0 Å². The normalized spacial score (nSPS) is 22.5. The van der Waals surface area contributed by atoms with Crippen LogP contribution in [0.1, 0.15) is 33.1 Å². The molecule has 0 aliphatic heterocycles. The third kappa shape index (κ3) is 6.22. The second-order valence-electron chi connectivity index (χ2n) is 7.17. The van der Waals surface area contributed by atoms with Crippen molar-refractivity contribution in [1.29, 1.82) is 0 Å². The van der Waals surface area contributed by atoms with E-state index in [0.717, 1.165) is 24.0 Å². The minimum absolute atomic E-state index is 0.157. The first-order valence-corrected chi connectivity index (χ1v) is 9.52.